The summed E-state index contributed by atoms with van der Waals surface area (Å²) in [6.45, 7) is -0.246. The second kappa shape index (κ2) is 4.99. The van der Waals surface area contributed by atoms with Gasteiger partial charge in [0, 0.05) is 12.0 Å². The van der Waals surface area contributed by atoms with Gasteiger partial charge in [0.15, 0.2) is 0 Å². The number of benzene rings is 1. The summed E-state index contributed by atoms with van der Waals surface area (Å²) in [5, 5.41) is 8.43. The lowest BCUT2D eigenvalue weighted by molar-refractivity contribution is -0.137. The molecular weight excluding hydrogens is 224 g/mol. The van der Waals surface area contributed by atoms with Crippen molar-refractivity contribution in [2.45, 2.75) is 12.6 Å². The number of hydrogen-bond donors (Lipinski definition) is 1. The Kier molecular flexibility index (Phi) is 3.91. The van der Waals surface area contributed by atoms with Crippen molar-refractivity contribution in [2.24, 2.45) is 0 Å². The Hall–Kier alpha value is -1.54. The van der Waals surface area contributed by atoms with Crippen LogP contribution in [0.2, 0.25) is 0 Å². The van der Waals surface area contributed by atoms with Crippen molar-refractivity contribution in [1.82, 2.24) is 0 Å². The van der Waals surface area contributed by atoms with Crippen molar-refractivity contribution >= 4 is 0 Å². The Labute approximate surface area is 89.7 Å². The van der Waals surface area contributed by atoms with Gasteiger partial charge in [-0.3, -0.25) is 0 Å². The molecule has 16 heavy (non-hydrogen) atoms. The zero-order valence-electron chi connectivity index (χ0n) is 8.11. The van der Waals surface area contributed by atoms with Crippen LogP contribution in [0.4, 0.5) is 17.6 Å². The zero-order chi connectivity index (χ0) is 12.2. The van der Waals surface area contributed by atoms with Crippen LogP contribution >= 0.6 is 0 Å². The van der Waals surface area contributed by atoms with Crippen LogP contribution in [-0.4, -0.2) is 11.7 Å². The molecule has 0 bridgehead atoms. The van der Waals surface area contributed by atoms with E-state index in [-0.39, 0.29) is 13.0 Å². The van der Waals surface area contributed by atoms with E-state index in [1.165, 1.54) is 0 Å². The first-order chi connectivity index (χ1) is 7.45. The third-order valence-electron chi connectivity index (χ3n) is 1.75. The standard InChI is InChI=1S/C11H8F4O/c12-9-4-5-10(11(13,14)15)8(7-9)3-1-2-6-16/h4-5,7,16H,2,6H2. The highest BCUT2D eigenvalue weighted by Gasteiger charge is 2.33. The van der Waals surface area contributed by atoms with Crippen LogP contribution in [0.5, 0.6) is 0 Å². The van der Waals surface area contributed by atoms with E-state index in [0.717, 1.165) is 12.1 Å². The second-order valence-corrected chi connectivity index (χ2v) is 2.96. The summed E-state index contributed by atoms with van der Waals surface area (Å²) in [4.78, 5) is 0. The lowest BCUT2D eigenvalue weighted by Crippen LogP contribution is -2.07. The number of rotatable bonds is 1. The van der Waals surface area contributed by atoms with E-state index in [0.29, 0.717) is 6.07 Å². The van der Waals surface area contributed by atoms with Crippen LogP contribution in [0.1, 0.15) is 17.5 Å². The summed E-state index contributed by atoms with van der Waals surface area (Å²) < 4.78 is 50.1. The van der Waals surface area contributed by atoms with Gasteiger partial charge in [-0.1, -0.05) is 11.8 Å². The van der Waals surface area contributed by atoms with E-state index in [2.05, 4.69) is 11.8 Å². The number of halogens is 4. The molecule has 0 saturated heterocycles. The summed E-state index contributed by atoms with van der Waals surface area (Å²) in [7, 11) is 0. The molecule has 0 heterocycles. The highest BCUT2D eigenvalue weighted by molar-refractivity contribution is 5.43. The zero-order valence-corrected chi connectivity index (χ0v) is 8.11. The highest BCUT2D eigenvalue weighted by Crippen LogP contribution is 2.31. The number of aliphatic hydroxyl groups excluding tert-OH is 1. The van der Waals surface area contributed by atoms with Crippen LogP contribution in [0.3, 0.4) is 0 Å². The van der Waals surface area contributed by atoms with Crippen molar-refractivity contribution < 1.29 is 22.7 Å². The number of hydrogen-bond acceptors (Lipinski definition) is 1. The van der Waals surface area contributed by atoms with Gasteiger partial charge < -0.3 is 5.11 Å². The normalized spacial score (nSPS) is 10.8. The van der Waals surface area contributed by atoms with Crippen LogP contribution in [0.25, 0.3) is 0 Å². The van der Waals surface area contributed by atoms with Gasteiger partial charge in [-0.05, 0) is 18.2 Å². The molecule has 0 saturated carbocycles. The maximum absolute atomic E-state index is 12.8. The Morgan fingerprint density at radius 1 is 1.25 bits per heavy atom. The monoisotopic (exact) mass is 232 g/mol. The van der Waals surface area contributed by atoms with Gasteiger partial charge in [0.1, 0.15) is 5.82 Å². The molecule has 0 amide bonds. The molecule has 0 unspecified atom stereocenters. The van der Waals surface area contributed by atoms with E-state index < -0.39 is 23.1 Å². The molecular formula is C11H8F4O. The van der Waals surface area contributed by atoms with Gasteiger partial charge >= 0.3 is 6.18 Å². The highest BCUT2D eigenvalue weighted by atomic mass is 19.4. The molecule has 5 heteroatoms. The Morgan fingerprint density at radius 3 is 2.50 bits per heavy atom. The summed E-state index contributed by atoms with van der Waals surface area (Å²) in [6.07, 6.45) is -4.51. The minimum Gasteiger partial charge on any atom is -0.395 e. The van der Waals surface area contributed by atoms with Crippen molar-refractivity contribution in [3.63, 3.8) is 0 Å². The predicted octanol–water partition coefficient (Wildman–Crippen LogP) is 2.58. The Bertz CT molecular complexity index is 426. The lowest BCUT2D eigenvalue weighted by Gasteiger charge is -2.08. The maximum atomic E-state index is 12.8. The molecule has 0 fully saturated rings. The van der Waals surface area contributed by atoms with E-state index >= 15 is 0 Å². The first-order valence-electron chi connectivity index (χ1n) is 4.41. The van der Waals surface area contributed by atoms with E-state index in [1.807, 2.05) is 0 Å². The summed E-state index contributed by atoms with van der Waals surface area (Å²) in [6, 6.07) is 2.12. The lowest BCUT2D eigenvalue weighted by atomic mass is 10.1. The second-order valence-electron chi connectivity index (χ2n) is 2.96. The minimum atomic E-state index is -4.56. The van der Waals surface area contributed by atoms with Crippen molar-refractivity contribution in [3.05, 3.63) is 35.1 Å². The Balaban J connectivity index is 3.15. The summed E-state index contributed by atoms with van der Waals surface area (Å²) in [5.74, 6) is 3.74. The van der Waals surface area contributed by atoms with Crippen molar-refractivity contribution in [1.29, 1.82) is 0 Å². The van der Waals surface area contributed by atoms with Crippen LogP contribution < -0.4 is 0 Å². The Morgan fingerprint density at radius 2 is 1.94 bits per heavy atom. The van der Waals surface area contributed by atoms with Gasteiger partial charge in [0.25, 0.3) is 0 Å². The molecule has 1 aromatic rings. The molecule has 0 aliphatic heterocycles. The van der Waals surface area contributed by atoms with Crippen LogP contribution in [0.15, 0.2) is 18.2 Å². The number of alkyl halides is 3. The van der Waals surface area contributed by atoms with Gasteiger partial charge in [0.05, 0.1) is 12.2 Å². The predicted molar refractivity (Wildman–Crippen MR) is 50.0 cm³/mol. The quantitative estimate of drug-likeness (QED) is 0.582. The van der Waals surface area contributed by atoms with Gasteiger partial charge in [-0.2, -0.15) is 13.2 Å². The number of aliphatic hydroxyl groups is 1. The fraction of sp³-hybridized carbons (Fsp3) is 0.273. The van der Waals surface area contributed by atoms with E-state index in [9.17, 15) is 17.6 Å². The largest absolute Gasteiger partial charge is 0.417 e. The molecule has 1 N–H and O–H groups in total. The first-order valence-corrected chi connectivity index (χ1v) is 4.41. The van der Waals surface area contributed by atoms with E-state index in [1.54, 1.807) is 0 Å². The molecule has 1 nitrogen and oxygen atoms in total. The van der Waals surface area contributed by atoms with Crippen LogP contribution in [0, 0.1) is 17.7 Å². The van der Waals surface area contributed by atoms with Gasteiger partial charge in [0.2, 0.25) is 0 Å². The molecule has 0 radical (unpaired) electrons. The maximum Gasteiger partial charge on any atom is 0.417 e. The van der Waals surface area contributed by atoms with Gasteiger partial charge in [-0.25, -0.2) is 4.39 Å². The molecule has 1 rings (SSSR count). The fourth-order valence-corrected chi connectivity index (χ4v) is 1.08. The topological polar surface area (TPSA) is 20.2 Å². The molecule has 0 aliphatic carbocycles. The summed E-state index contributed by atoms with van der Waals surface area (Å²) >= 11 is 0. The van der Waals surface area contributed by atoms with Crippen molar-refractivity contribution in [3.8, 4) is 11.8 Å². The SMILES string of the molecule is OCCC#Cc1cc(F)ccc1C(F)(F)F. The molecule has 0 aliphatic rings. The molecule has 1 aromatic carbocycles. The third kappa shape index (κ3) is 3.24. The minimum absolute atomic E-state index is 0.0494. The smallest absolute Gasteiger partial charge is 0.395 e. The van der Waals surface area contributed by atoms with Crippen LogP contribution in [-0.2, 0) is 6.18 Å². The third-order valence-corrected chi connectivity index (χ3v) is 1.75. The van der Waals surface area contributed by atoms with Gasteiger partial charge in [-0.15, -0.1) is 0 Å². The van der Waals surface area contributed by atoms with Crippen molar-refractivity contribution in [2.75, 3.05) is 6.61 Å². The van der Waals surface area contributed by atoms with E-state index in [4.69, 9.17) is 5.11 Å². The molecule has 0 aromatic heterocycles. The molecule has 0 spiro atoms. The average molecular weight is 232 g/mol. The summed E-state index contributed by atoms with van der Waals surface area (Å²) in [5.41, 5.74) is -1.39. The molecule has 0 atom stereocenters. The fourth-order valence-electron chi connectivity index (χ4n) is 1.08. The molecule has 86 valence electrons. The average Bonchev–Trinajstić information content (AvgIpc) is 2.16. The first kappa shape index (κ1) is 12.5.